The van der Waals surface area contributed by atoms with Crippen molar-refractivity contribution in [3.05, 3.63) is 39.1 Å². The van der Waals surface area contributed by atoms with Crippen molar-refractivity contribution in [3.63, 3.8) is 0 Å². The number of nitrogens with one attached hydrogen (secondary N) is 2. The molecule has 2 aromatic rings. The quantitative estimate of drug-likeness (QED) is 0.903. The summed E-state index contributed by atoms with van der Waals surface area (Å²) in [5.41, 5.74) is 0.456. The van der Waals surface area contributed by atoms with Gasteiger partial charge in [0.05, 0.1) is 11.6 Å². The maximum atomic E-state index is 12.0. The highest BCUT2D eigenvalue weighted by Crippen LogP contribution is 2.21. The van der Waals surface area contributed by atoms with Crippen molar-refractivity contribution in [2.75, 3.05) is 0 Å². The van der Waals surface area contributed by atoms with Gasteiger partial charge in [-0.1, -0.05) is 16.8 Å². The van der Waals surface area contributed by atoms with Crippen LogP contribution in [0.1, 0.15) is 29.1 Å². The number of hydrogen-bond acceptors (Lipinski definition) is 4. The number of tetrazole rings is 1. The van der Waals surface area contributed by atoms with Crippen LogP contribution in [-0.2, 0) is 0 Å². The molecule has 1 aromatic carbocycles. The lowest BCUT2D eigenvalue weighted by atomic mass is 10.2. The minimum atomic E-state index is -0.345. The summed E-state index contributed by atoms with van der Waals surface area (Å²) in [6.45, 7) is 1.77. The Bertz CT molecular complexity index is 559. The third kappa shape index (κ3) is 2.85. The molecule has 1 amide bonds. The topological polar surface area (TPSA) is 83.6 Å². The highest BCUT2D eigenvalue weighted by atomic mass is 79.9. The highest BCUT2D eigenvalue weighted by molar-refractivity contribution is 9.10. The first-order chi connectivity index (χ1) is 8.58. The van der Waals surface area contributed by atoms with E-state index in [1.54, 1.807) is 25.1 Å². The minimum Gasteiger partial charge on any atom is -0.342 e. The Balaban J connectivity index is 2.15. The second-order valence-electron chi connectivity index (χ2n) is 3.59. The third-order valence-electron chi connectivity index (χ3n) is 2.27. The summed E-state index contributed by atoms with van der Waals surface area (Å²) in [7, 11) is 0. The number of rotatable bonds is 3. The molecule has 0 aliphatic rings. The average Bonchev–Trinajstić information content (AvgIpc) is 2.85. The van der Waals surface area contributed by atoms with Gasteiger partial charge >= 0.3 is 0 Å². The fourth-order valence-electron chi connectivity index (χ4n) is 1.36. The molecule has 0 saturated heterocycles. The van der Waals surface area contributed by atoms with E-state index in [9.17, 15) is 4.79 Å². The van der Waals surface area contributed by atoms with E-state index in [0.29, 0.717) is 20.9 Å². The molecule has 1 atom stereocenters. The lowest BCUT2D eigenvalue weighted by Gasteiger charge is -2.11. The van der Waals surface area contributed by atoms with Crippen molar-refractivity contribution < 1.29 is 4.79 Å². The first kappa shape index (κ1) is 13.0. The van der Waals surface area contributed by atoms with E-state index >= 15 is 0 Å². The van der Waals surface area contributed by atoms with Crippen LogP contribution in [0.25, 0.3) is 0 Å². The Hall–Kier alpha value is -1.47. The molecule has 1 unspecified atom stereocenters. The number of H-pyrrole nitrogens is 1. The van der Waals surface area contributed by atoms with Gasteiger partial charge in [-0.05, 0) is 41.1 Å². The molecule has 0 spiro atoms. The number of carbonyl (C=O) groups excluding carboxylic acids is 1. The Kier molecular flexibility index (Phi) is 3.93. The Morgan fingerprint density at radius 1 is 1.56 bits per heavy atom. The van der Waals surface area contributed by atoms with Gasteiger partial charge in [-0.2, -0.15) is 5.21 Å². The number of aromatic amines is 1. The van der Waals surface area contributed by atoms with Crippen LogP contribution in [0.5, 0.6) is 0 Å². The Morgan fingerprint density at radius 3 is 3.00 bits per heavy atom. The number of halogens is 2. The number of nitrogens with zero attached hydrogens (tertiary/aromatic N) is 3. The van der Waals surface area contributed by atoms with Gasteiger partial charge in [0, 0.05) is 9.50 Å². The van der Waals surface area contributed by atoms with Crippen molar-refractivity contribution in [3.8, 4) is 0 Å². The lowest BCUT2D eigenvalue weighted by Crippen LogP contribution is -2.27. The largest absolute Gasteiger partial charge is 0.342 e. The van der Waals surface area contributed by atoms with E-state index < -0.39 is 0 Å². The fourth-order valence-corrected chi connectivity index (χ4v) is 1.96. The zero-order chi connectivity index (χ0) is 13.1. The van der Waals surface area contributed by atoms with Gasteiger partial charge in [-0.15, -0.1) is 10.2 Å². The summed E-state index contributed by atoms with van der Waals surface area (Å²) in [6, 6.07) is 4.66. The molecule has 94 valence electrons. The monoisotopic (exact) mass is 329 g/mol. The smallest absolute Gasteiger partial charge is 0.253 e. The van der Waals surface area contributed by atoms with Crippen LogP contribution in [0.4, 0.5) is 0 Å². The molecular formula is C10H9BrClN5O. The molecule has 2 N–H and O–H groups in total. The molecule has 0 aliphatic heterocycles. The molecule has 0 bridgehead atoms. The SMILES string of the molecule is CC(NC(=O)c1cc(Cl)ccc1Br)c1nn[nH]n1. The van der Waals surface area contributed by atoms with Gasteiger partial charge in [0.25, 0.3) is 5.91 Å². The molecule has 1 heterocycles. The first-order valence-corrected chi connectivity index (χ1v) is 6.24. The first-order valence-electron chi connectivity index (χ1n) is 5.07. The molecule has 0 fully saturated rings. The van der Waals surface area contributed by atoms with E-state index in [1.807, 2.05) is 0 Å². The van der Waals surface area contributed by atoms with Crippen LogP contribution in [0.3, 0.4) is 0 Å². The summed E-state index contributed by atoms with van der Waals surface area (Å²) < 4.78 is 0.671. The number of aromatic nitrogens is 4. The lowest BCUT2D eigenvalue weighted by molar-refractivity contribution is 0.0937. The molecule has 2 rings (SSSR count). The second-order valence-corrected chi connectivity index (χ2v) is 4.88. The van der Waals surface area contributed by atoms with Crippen LogP contribution in [0.2, 0.25) is 5.02 Å². The normalized spacial score (nSPS) is 12.2. The molecule has 8 heteroatoms. The standard InChI is InChI=1S/C10H9BrClN5O/c1-5(9-14-16-17-15-9)13-10(18)7-4-6(12)2-3-8(7)11/h2-5H,1H3,(H,13,18)(H,14,15,16,17). The predicted octanol–water partition coefficient (Wildman–Crippen LogP) is 2.11. The number of carbonyl (C=O) groups is 1. The molecule has 0 saturated carbocycles. The zero-order valence-corrected chi connectivity index (χ0v) is 11.7. The van der Waals surface area contributed by atoms with Crippen LogP contribution in [0.15, 0.2) is 22.7 Å². The summed E-state index contributed by atoms with van der Waals surface area (Å²) >= 11 is 9.16. The highest BCUT2D eigenvalue weighted by Gasteiger charge is 2.16. The number of hydrogen-bond donors (Lipinski definition) is 2. The number of benzene rings is 1. The summed E-state index contributed by atoms with van der Waals surface area (Å²) in [4.78, 5) is 12.0. The van der Waals surface area contributed by atoms with Crippen molar-refractivity contribution in [2.24, 2.45) is 0 Å². The van der Waals surface area contributed by atoms with Crippen LogP contribution >= 0.6 is 27.5 Å². The molecule has 18 heavy (non-hydrogen) atoms. The molecule has 0 radical (unpaired) electrons. The van der Waals surface area contributed by atoms with Crippen molar-refractivity contribution in [1.29, 1.82) is 0 Å². The van der Waals surface area contributed by atoms with Gasteiger partial charge in [0.15, 0.2) is 5.82 Å². The maximum absolute atomic E-state index is 12.0. The van der Waals surface area contributed by atoms with Crippen molar-refractivity contribution in [1.82, 2.24) is 25.9 Å². The van der Waals surface area contributed by atoms with Crippen LogP contribution in [-0.4, -0.2) is 26.5 Å². The van der Waals surface area contributed by atoms with Gasteiger partial charge in [-0.25, -0.2) is 0 Å². The maximum Gasteiger partial charge on any atom is 0.253 e. The minimum absolute atomic E-state index is 0.262. The number of amides is 1. The predicted molar refractivity (Wildman–Crippen MR) is 69.2 cm³/mol. The van der Waals surface area contributed by atoms with Crippen molar-refractivity contribution >= 4 is 33.4 Å². The zero-order valence-electron chi connectivity index (χ0n) is 9.32. The Morgan fingerprint density at radius 2 is 2.33 bits per heavy atom. The second kappa shape index (κ2) is 5.45. The molecule has 6 nitrogen and oxygen atoms in total. The Labute approximate surface area is 116 Å². The van der Waals surface area contributed by atoms with E-state index in [4.69, 9.17) is 11.6 Å². The van der Waals surface area contributed by atoms with Gasteiger partial charge in [0.2, 0.25) is 0 Å². The fraction of sp³-hybridized carbons (Fsp3) is 0.200. The van der Waals surface area contributed by atoms with Crippen LogP contribution < -0.4 is 5.32 Å². The van der Waals surface area contributed by atoms with Gasteiger partial charge in [0.1, 0.15) is 0 Å². The van der Waals surface area contributed by atoms with E-state index in [2.05, 4.69) is 41.9 Å². The molecule has 1 aromatic heterocycles. The van der Waals surface area contributed by atoms with E-state index in [-0.39, 0.29) is 11.9 Å². The van der Waals surface area contributed by atoms with Gasteiger partial charge in [-0.3, -0.25) is 4.79 Å². The van der Waals surface area contributed by atoms with Gasteiger partial charge < -0.3 is 5.32 Å². The molecule has 0 aliphatic carbocycles. The van der Waals surface area contributed by atoms with Crippen LogP contribution in [0, 0.1) is 0 Å². The average molecular weight is 331 g/mol. The summed E-state index contributed by atoms with van der Waals surface area (Å²) in [5, 5.41) is 16.6. The molecular weight excluding hydrogens is 322 g/mol. The third-order valence-corrected chi connectivity index (χ3v) is 3.20. The summed E-state index contributed by atoms with van der Waals surface area (Å²) in [5.74, 6) is 0.156. The van der Waals surface area contributed by atoms with E-state index in [0.717, 1.165) is 0 Å². The summed E-state index contributed by atoms with van der Waals surface area (Å²) in [6.07, 6.45) is 0. The van der Waals surface area contributed by atoms with Crippen molar-refractivity contribution in [2.45, 2.75) is 13.0 Å². The van der Waals surface area contributed by atoms with E-state index in [1.165, 1.54) is 0 Å².